The zero-order chi connectivity index (χ0) is 14.5. The molecule has 0 fully saturated rings. The van der Waals surface area contributed by atoms with Gasteiger partial charge in [-0.1, -0.05) is 30.3 Å². The molecule has 0 spiro atoms. The first kappa shape index (κ1) is 16.1. The van der Waals surface area contributed by atoms with Crippen LogP contribution in [0.4, 0.5) is 0 Å². The number of benzene rings is 1. The van der Waals surface area contributed by atoms with Crippen molar-refractivity contribution in [2.75, 3.05) is 12.8 Å². The molecule has 0 aromatic heterocycles. The van der Waals surface area contributed by atoms with Crippen molar-refractivity contribution in [1.29, 1.82) is 0 Å². The second kappa shape index (κ2) is 6.50. The molecule has 0 unspecified atom stereocenters. The highest BCUT2D eigenvalue weighted by atomic mass is 32.2. The first-order valence-corrected chi connectivity index (χ1v) is 8.31. The normalized spacial score (nSPS) is 14.3. The van der Waals surface area contributed by atoms with Crippen LogP contribution < -0.4 is 10.0 Å². The van der Waals surface area contributed by atoms with E-state index in [0.29, 0.717) is 6.54 Å². The van der Waals surface area contributed by atoms with Gasteiger partial charge >= 0.3 is 0 Å². The van der Waals surface area contributed by atoms with Gasteiger partial charge in [-0.3, -0.25) is 0 Å². The summed E-state index contributed by atoms with van der Waals surface area (Å²) in [5.74, 6) is 0. The molecule has 2 N–H and O–H groups in total. The average Bonchev–Trinajstić information content (AvgIpc) is 2.24. The van der Waals surface area contributed by atoms with Gasteiger partial charge in [0.25, 0.3) is 0 Å². The van der Waals surface area contributed by atoms with E-state index in [0.717, 1.165) is 6.42 Å². The van der Waals surface area contributed by atoms with Gasteiger partial charge in [-0.2, -0.15) is 0 Å². The fraction of sp³-hybridized carbons (Fsp3) is 0.571. The molecular formula is C14H24N2O2S. The Balaban J connectivity index is 2.69. The van der Waals surface area contributed by atoms with Gasteiger partial charge in [-0.15, -0.1) is 0 Å². The molecule has 5 heteroatoms. The van der Waals surface area contributed by atoms with E-state index in [1.54, 1.807) is 0 Å². The SMILES string of the molecule is CC(C)(C)N[C@H](CNS(C)(=O)=O)Cc1ccccc1. The van der Waals surface area contributed by atoms with Crippen LogP contribution in [0.5, 0.6) is 0 Å². The van der Waals surface area contributed by atoms with E-state index >= 15 is 0 Å². The lowest BCUT2D eigenvalue weighted by Gasteiger charge is -2.28. The maximum absolute atomic E-state index is 11.2. The molecule has 108 valence electrons. The quantitative estimate of drug-likeness (QED) is 0.833. The smallest absolute Gasteiger partial charge is 0.208 e. The largest absolute Gasteiger partial charge is 0.308 e. The molecule has 0 heterocycles. The van der Waals surface area contributed by atoms with Crippen LogP contribution in [0.25, 0.3) is 0 Å². The van der Waals surface area contributed by atoms with Crippen molar-refractivity contribution in [3.63, 3.8) is 0 Å². The Kier molecular flexibility index (Phi) is 5.52. The van der Waals surface area contributed by atoms with Crippen molar-refractivity contribution in [2.24, 2.45) is 0 Å². The van der Waals surface area contributed by atoms with E-state index in [2.05, 4.69) is 42.9 Å². The van der Waals surface area contributed by atoms with Crippen LogP contribution in [0, 0.1) is 0 Å². The second-order valence-corrected chi connectivity index (χ2v) is 7.73. The molecule has 0 aliphatic heterocycles. The minimum atomic E-state index is -3.16. The Labute approximate surface area is 116 Å². The Morgan fingerprint density at radius 3 is 2.21 bits per heavy atom. The second-order valence-electron chi connectivity index (χ2n) is 5.90. The van der Waals surface area contributed by atoms with Crippen LogP contribution in [0.15, 0.2) is 30.3 Å². The zero-order valence-electron chi connectivity index (χ0n) is 12.1. The molecule has 0 saturated carbocycles. The van der Waals surface area contributed by atoms with Gasteiger partial charge in [-0.25, -0.2) is 13.1 Å². The summed E-state index contributed by atoms with van der Waals surface area (Å²) in [5.41, 5.74) is 1.14. The van der Waals surface area contributed by atoms with E-state index in [1.807, 2.05) is 18.2 Å². The summed E-state index contributed by atoms with van der Waals surface area (Å²) in [6.45, 7) is 6.62. The first-order chi connectivity index (χ1) is 8.66. The summed E-state index contributed by atoms with van der Waals surface area (Å²) in [5, 5.41) is 3.45. The predicted octanol–water partition coefficient (Wildman–Crippen LogP) is 1.54. The Morgan fingerprint density at radius 2 is 1.74 bits per heavy atom. The maximum Gasteiger partial charge on any atom is 0.208 e. The number of sulfonamides is 1. The molecule has 0 amide bonds. The summed E-state index contributed by atoms with van der Waals surface area (Å²) < 4.78 is 25.0. The van der Waals surface area contributed by atoms with Crippen LogP contribution in [0.3, 0.4) is 0 Å². The van der Waals surface area contributed by atoms with Crippen LogP contribution in [0.2, 0.25) is 0 Å². The molecule has 0 aliphatic rings. The number of rotatable bonds is 6. The fourth-order valence-electron chi connectivity index (χ4n) is 1.94. The molecule has 0 bridgehead atoms. The van der Waals surface area contributed by atoms with Gasteiger partial charge in [0.1, 0.15) is 0 Å². The van der Waals surface area contributed by atoms with E-state index in [1.165, 1.54) is 11.8 Å². The van der Waals surface area contributed by atoms with E-state index in [9.17, 15) is 8.42 Å². The van der Waals surface area contributed by atoms with Gasteiger partial charge < -0.3 is 5.32 Å². The molecule has 0 saturated heterocycles. The Hall–Kier alpha value is -0.910. The number of hydrogen-bond acceptors (Lipinski definition) is 3. The van der Waals surface area contributed by atoms with Gasteiger partial charge in [0.2, 0.25) is 10.0 Å². The Morgan fingerprint density at radius 1 is 1.16 bits per heavy atom. The molecular weight excluding hydrogens is 260 g/mol. The first-order valence-electron chi connectivity index (χ1n) is 6.42. The predicted molar refractivity (Wildman–Crippen MR) is 79.7 cm³/mol. The molecule has 1 rings (SSSR count). The molecule has 1 atom stereocenters. The van der Waals surface area contributed by atoms with Crippen LogP contribution in [-0.4, -0.2) is 32.8 Å². The minimum Gasteiger partial charge on any atom is -0.308 e. The molecule has 1 aromatic carbocycles. The van der Waals surface area contributed by atoms with Gasteiger partial charge in [0.05, 0.1) is 6.26 Å². The zero-order valence-corrected chi connectivity index (χ0v) is 12.9. The molecule has 1 aromatic rings. The maximum atomic E-state index is 11.2. The fourth-order valence-corrected chi connectivity index (χ4v) is 2.44. The summed E-state index contributed by atoms with van der Waals surface area (Å²) in [7, 11) is -3.16. The number of hydrogen-bond donors (Lipinski definition) is 2. The molecule has 0 aliphatic carbocycles. The average molecular weight is 284 g/mol. The topological polar surface area (TPSA) is 58.2 Å². The van der Waals surface area contributed by atoms with Crippen molar-refractivity contribution in [2.45, 2.75) is 38.8 Å². The standard InChI is InChI=1S/C14H24N2O2S/c1-14(2,3)16-13(11-15-19(4,17)18)10-12-8-6-5-7-9-12/h5-9,13,15-16H,10-11H2,1-4H3/t13-/m0/s1. The highest BCUT2D eigenvalue weighted by Crippen LogP contribution is 2.07. The lowest BCUT2D eigenvalue weighted by Crippen LogP contribution is -2.50. The summed E-state index contributed by atoms with van der Waals surface area (Å²) in [6.07, 6.45) is 1.98. The third-order valence-electron chi connectivity index (χ3n) is 2.55. The highest BCUT2D eigenvalue weighted by Gasteiger charge is 2.18. The summed E-state index contributed by atoms with van der Waals surface area (Å²) in [6, 6.07) is 10.1. The van der Waals surface area contributed by atoms with Gasteiger partial charge in [-0.05, 0) is 32.8 Å². The van der Waals surface area contributed by atoms with Crippen LogP contribution >= 0.6 is 0 Å². The third-order valence-corrected chi connectivity index (χ3v) is 3.25. The van der Waals surface area contributed by atoms with Crippen LogP contribution in [0.1, 0.15) is 26.3 Å². The summed E-state index contributed by atoms with van der Waals surface area (Å²) >= 11 is 0. The van der Waals surface area contributed by atoms with E-state index in [4.69, 9.17) is 0 Å². The Bertz CT molecular complexity index is 478. The molecule has 19 heavy (non-hydrogen) atoms. The van der Waals surface area contributed by atoms with Gasteiger partial charge in [0, 0.05) is 18.1 Å². The van der Waals surface area contributed by atoms with Gasteiger partial charge in [0.15, 0.2) is 0 Å². The third kappa shape index (κ3) is 7.97. The monoisotopic (exact) mass is 284 g/mol. The lowest BCUT2D eigenvalue weighted by molar-refractivity contribution is 0.354. The van der Waals surface area contributed by atoms with Crippen molar-refractivity contribution >= 4 is 10.0 Å². The van der Waals surface area contributed by atoms with Crippen molar-refractivity contribution in [1.82, 2.24) is 10.0 Å². The number of nitrogens with one attached hydrogen (secondary N) is 2. The minimum absolute atomic E-state index is 0.0569. The lowest BCUT2D eigenvalue weighted by atomic mass is 10.0. The molecule has 0 radical (unpaired) electrons. The van der Waals surface area contributed by atoms with Crippen LogP contribution in [-0.2, 0) is 16.4 Å². The highest BCUT2D eigenvalue weighted by molar-refractivity contribution is 7.88. The van der Waals surface area contributed by atoms with Crippen molar-refractivity contribution in [3.05, 3.63) is 35.9 Å². The van der Waals surface area contributed by atoms with E-state index < -0.39 is 10.0 Å². The van der Waals surface area contributed by atoms with E-state index in [-0.39, 0.29) is 11.6 Å². The summed E-state index contributed by atoms with van der Waals surface area (Å²) in [4.78, 5) is 0. The van der Waals surface area contributed by atoms with Crippen molar-refractivity contribution < 1.29 is 8.42 Å². The van der Waals surface area contributed by atoms with Crippen molar-refractivity contribution in [3.8, 4) is 0 Å². The molecule has 4 nitrogen and oxygen atoms in total.